The molecule has 27 heavy (non-hydrogen) atoms. The number of nitrogens with one attached hydrogen (secondary N) is 2. The monoisotopic (exact) mass is 550 g/mol. The van der Waals surface area contributed by atoms with Gasteiger partial charge in [-0.15, -0.1) is 24.0 Å². The number of rotatable bonds is 7. The number of aliphatic imine (C=N–C) groups is 1. The van der Waals surface area contributed by atoms with Gasteiger partial charge < -0.3 is 20.3 Å². The molecule has 0 bridgehead atoms. The second kappa shape index (κ2) is 11.6. The number of guanidine groups is 1. The molecule has 0 amide bonds. The number of piperidine rings is 1. The van der Waals surface area contributed by atoms with E-state index in [1.54, 1.807) is 7.11 Å². The first kappa shape index (κ1) is 22.9. The molecule has 2 N–H and O–H groups in total. The van der Waals surface area contributed by atoms with Crippen molar-refractivity contribution in [3.8, 4) is 0 Å². The molecule has 5 nitrogen and oxygen atoms in total. The fraction of sp³-hybridized carbons (Fsp3) is 0.650. The Morgan fingerprint density at radius 3 is 2.56 bits per heavy atom. The summed E-state index contributed by atoms with van der Waals surface area (Å²) < 4.78 is 6.32. The highest BCUT2D eigenvalue weighted by Crippen LogP contribution is 2.41. The van der Waals surface area contributed by atoms with Gasteiger partial charge in [-0.25, -0.2) is 0 Å². The van der Waals surface area contributed by atoms with Crippen molar-refractivity contribution in [1.29, 1.82) is 0 Å². The number of halogens is 2. The van der Waals surface area contributed by atoms with E-state index in [2.05, 4.69) is 67.6 Å². The second-order valence-electron chi connectivity index (χ2n) is 7.22. The SMILES string of the molecule is CCN=C(NC1CCN(CCOC)CC1)NC1CC1c1ccc(Br)cc1.I. The number of ether oxygens (including phenoxy) is 1. The molecule has 7 heteroatoms. The van der Waals surface area contributed by atoms with Crippen molar-refractivity contribution in [2.45, 2.75) is 44.2 Å². The first-order valence-electron chi connectivity index (χ1n) is 9.74. The third-order valence-corrected chi connectivity index (χ3v) is 5.80. The zero-order valence-corrected chi connectivity index (χ0v) is 20.2. The quantitative estimate of drug-likeness (QED) is 0.309. The van der Waals surface area contributed by atoms with Crippen molar-refractivity contribution >= 4 is 45.9 Å². The molecule has 2 atom stereocenters. The molecule has 3 rings (SSSR count). The van der Waals surface area contributed by atoms with Crippen molar-refractivity contribution in [1.82, 2.24) is 15.5 Å². The van der Waals surface area contributed by atoms with Crippen molar-refractivity contribution in [2.24, 2.45) is 4.99 Å². The van der Waals surface area contributed by atoms with Crippen molar-refractivity contribution in [3.05, 3.63) is 34.3 Å². The van der Waals surface area contributed by atoms with Gasteiger partial charge in [0.05, 0.1) is 6.61 Å². The van der Waals surface area contributed by atoms with Gasteiger partial charge in [-0.3, -0.25) is 4.99 Å². The zero-order chi connectivity index (χ0) is 18.4. The van der Waals surface area contributed by atoms with Gasteiger partial charge in [0.25, 0.3) is 0 Å². The van der Waals surface area contributed by atoms with Crippen LogP contribution in [0, 0.1) is 0 Å². The molecule has 2 fully saturated rings. The summed E-state index contributed by atoms with van der Waals surface area (Å²) >= 11 is 3.51. The predicted octanol–water partition coefficient (Wildman–Crippen LogP) is 3.59. The summed E-state index contributed by atoms with van der Waals surface area (Å²) in [6, 6.07) is 9.70. The molecule has 1 aromatic rings. The normalized spacial score (nSPS) is 23.6. The third kappa shape index (κ3) is 7.18. The Morgan fingerprint density at radius 2 is 1.93 bits per heavy atom. The van der Waals surface area contributed by atoms with Crippen molar-refractivity contribution < 1.29 is 4.74 Å². The molecule has 1 aliphatic carbocycles. The summed E-state index contributed by atoms with van der Waals surface area (Å²) in [6.45, 7) is 7.01. The largest absolute Gasteiger partial charge is 0.383 e. The Bertz CT molecular complexity index is 590. The van der Waals surface area contributed by atoms with Crippen LogP contribution in [0.5, 0.6) is 0 Å². The van der Waals surface area contributed by atoms with E-state index in [-0.39, 0.29) is 24.0 Å². The average molecular weight is 551 g/mol. The summed E-state index contributed by atoms with van der Waals surface area (Å²) in [6.07, 6.45) is 3.51. The lowest BCUT2D eigenvalue weighted by atomic mass is 10.1. The highest BCUT2D eigenvalue weighted by Gasteiger charge is 2.39. The first-order chi connectivity index (χ1) is 12.7. The Hall–Kier alpha value is -0.380. The summed E-state index contributed by atoms with van der Waals surface area (Å²) in [5.41, 5.74) is 1.41. The summed E-state index contributed by atoms with van der Waals surface area (Å²) in [7, 11) is 1.77. The lowest BCUT2D eigenvalue weighted by molar-refractivity contribution is 0.128. The molecular formula is C20H32BrIN4O. The van der Waals surface area contributed by atoms with E-state index in [1.165, 1.54) is 12.0 Å². The molecule has 2 aliphatic rings. The zero-order valence-electron chi connectivity index (χ0n) is 16.3. The molecule has 1 aromatic carbocycles. The number of hydrogen-bond acceptors (Lipinski definition) is 3. The number of likely N-dealkylation sites (tertiary alicyclic amines) is 1. The van der Waals surface area contributed by atoms with Crippen LogP contribution >= 0.6 is 39.9 Å². The Kier molecular flexibility index (Phi) is 9.82. The molecular weight excluding hydrogens is 519 g/mol. The number of methoxy groups -OCH3 is 1. The van der Waals surface area contributed by atoms with Crippen LogP contribution in [0.2, 0.25) is 0 Å². The number of benzene rings is 1. The molecule has 2 unspecified atom stereocenters. The molecule has 0 radical (unpaired) electrons. The van der Waals surface area contributed by atoms with E-state index in [0.717, 1.165) is 56.1 Å². The highest BCUT2D eigenvalue weighted by atomic mass is 127. The van der Waals surface area contributed by atoms with Crippen LogP contribution in [0.15, 0.2) is 33.7 Å². The Balaban J connectivity index is 0.00000261. The first-order valence-corrected chi connectivity index (χ1v) is 10.5. The van der Waals surface area contributed by atoms with Crippen LogP contribution in [-0.2, 0) is 4.74 Å². The summed E-state index contributed by atoms with van der Waals surface area (Å²) in [4.78, 5) is 7.14. The van der Waals surface area contributed by atoms with E-state index in [1.807, 2.05) is 0 Å². The fourth-order valence-electron chi connectivity index (χ4n) is 3.61. The van der Waals surface area contributed by atoms with Gasteiger partial charge in [-0.2, -0.15) is 0 Å². The van der Waals surface area contributed by atoms with Crippen LogP contribution in [-0.4, -0.2) is 62.8 Å². The van der Waals surface area contributed by atoms with E-state index in [4.69, 9.17) is 4.74 Å². The standard InChI is InChI=1S/C20H31BrN4O.HI/c1-3-22-20(23-17-8-10-25(11-9-17)12-13-26-2)24-19-14-18(19)15-4-6-16(21)7-5-15;/h4-7,17-19H,3,8-14H2,1-2H3,(H2,22,23,24);1H. The maximum Gasteiger partial charge on any atom is 0.191 e. The smallest absolute Gasteiger partial charge is 0.191 e. The molecule has 0 spiro atoms. The van der Waals surface area contributed by atoms with E-state index in [9.17, 15) is 0 Å². The minimum Gasteiger partial charge on any atom is -0.383 e. The molecule has 1 saturated carbocycles. The van der Waals surface area contributed by atoms with Gasteiger partial charge >= 0.3 is 0 Å². The third-order valence-electron chi connectivity index (χ3n) is 5.27. The van der Waals surface area contributed by atoms with E-state index >= 15 is 0 Å². The average Bonchev–Trinajstić information content (AvgIpc) is 3.41. The number of nitrogens with zero attached hydrogens (tertiary/aromatic N) is 2. The molecule has 1 aliphatic heterocycles. The summed E-state index contributed by atoms with van der Waals surface area (Å²) in [5, 5.41) is 7.30. The fourth-order valence-corrected chi connectivity index (χ4v) is 3.88. The van der Waals surface area contributed by atoms with Gasteiger partial charge in [0.15, 0.2) is 5.96 Å². The summed E-state index contributed by atoms with van der Waals surface area (Å²) in [5.74, 6) is 1.58. The Labute approximate surface area is 188 Å². The minimum atomic E-state index is 0. The van der Waals surface area contributed by atoms with E-state index < -0.39 is 0 Å². The van der Waals surface area contributed by atoms with Crippen molar-refractivity contribution in [2.75, 3.05) is 39.9 Å². The molecule has 152 valence electrons. The van der Waals surface area contributed by atoms with Gasteiger partial charge in [0.1, 0.15) is 0 Å². The highest BCUT2D eigenvalue weighted by molar-refractivity contribution is 14.0. The van der Waals surface area contributed by atoms with Crippen LogP contribution in [0.25, 0.3) is 0 Å². The molecule has 0 aromatic heterocycles. The van der Waals surface area contributed by atoms with Gasteiger partial charge in [-0.05, 0) is 43.9 Å². The van der Waals surface area contributed by atoms with Gasteiger partial charge in [-0.1, -0.05) is 28.1 Å². The maximum absolute atomic E-state index is 5.18. The second-order valence-corrected chi connectivity index (χ2v) is 8.14. The Morgan fingerprint density at radius 1 is 1.22 bits per heavy atom. The van der Waals surface area contributed by atoms with Crippen molar-refractivity contribution in [3.63, 3.8) is 0 Å². The van der Waals surface area contributed by atoms with Crippen LogP contribution in [0.1, 0.15) is 37.7 Å². The topological polar surface area (TPSA) is 48.9 Å². The number of hydrogen-bond donors (Lipinski definition) is 2. The maximum atomic E-state index is 5.18. The van der Waals surface area contributed by atoms with Crippen LogP contribution < -0.4 is 10.6 Å². The minimum absolute atomic E-state index is 0. The van der Waals surface area contributed by atoms with Crippen LogP contribution in [0.4, 0.5) is 0 Å². The lowest BCUT2D eigenvalue weighted by Gasteiger charge is -2.33. The van der Waals surface area contributed by atoms with Gasteiger partial charge in [0.2, 0.25) is 0 Å². The lowest BCUT2D eigenvalue weighted by Crippen LogP contribution is -2.49. The predicted molar refractivity (Wildman–Crippen MR) is 126 cm³/mol. The molecule has 1 heterocycles. The van der Waals surface area contributed by atoms with Crippen LogP contribution in [0.3, 0.4) is 0 Å². The van der Waals surface area contributed by atoms with E-state index in [0.29, 0.717) is 18.0 Å². The van der Waals surface area contributed by atoms with Gasteiger partial charge in [0, 0.05) is 55.8 Å². The molecule has 1 saturated heterocycles.